The third-order valence-electron chi connectivity index (χ3n) is 4.68. The summed E-state index contributed by atoms with van der Waals surface area (Å²) in [6.07, 6.45) is 7.55. The molecule has 0 heterocycles. The molecule has 3 heteroatoms. The van der Waals surface area contributed by atoms with Crippen molar-refractivity contribution >= 4 is 6.16 Å². The fraction of sp³-hybridized carbons (Fsp3) is 0.458. The van der Waals surface area contributed by atoms with Gasteiger partial charge in [0.15, 0.2) is 0 Å². The minimum Gasteiger partial charge on any atom is -0.434 e. The molecule has 0 saturated carbocycles. The SMILES string of the molecule is CCCCc1cccc(OC(=O)OCCCc2ccccc2)c1CCCC. The molecule has 0 atom stereocenters. The Morgan fingerprint density at radius 1 is 0.815 bits per heavy atom. The van der Waals surface area contributed by atoms with E-state index in [0.29, 0.717) is 12.4 Å². The van der Waals surface area contributed by atoms with E-state index in [1.54, 1.807) is 0 Å². The van der Waals surface area contributed by atoms with Crippen LogP contribution in [0.3, 0.4) is 0 Å². The first-order valence-corrected chi connectivity index (χ1v) is 10.2. The Labute approximate surface area is 163 Å². The number of carbonyl (C=O) groups excluding carboxylic acids is 1. The van der Waals surface area contributed by atoms with Crippen LogP contribution in [0.25, 0.3) is 0 Å². The van der Waals surface area contributed by atoms with E-state index >= 15 is 0 Å². The van der Waals surface area contributed by atoms with Crippen LogP contribution < -0.4 is 4.74 Å². The highest BCUT2D eigenvalue weighted by Gasteiger charge is 2.13. The molecule has 2 aromatic carbocycles. The van der Waals surface area contributed by atoms with E-state index in [4.69, 9.17) is 9.47 Å². The Kier molecular flexibility index (Phi) is 9.47. The summed E-state index contributed by atoms with van der Waals surface area (Å²) in [5, 5.41) is 0. The maximum atomic E-state index is 12.1. The van der Waals surface area contributed by atoms with Crippen molar-refractivity contribution in [2.24, 2.45) is 0 Å². The first kappa shape index (κ1) is 21.0. The van der Waals surface area contributed by atoms with Gasteiger partial charge >= 0.3 is 6.16 Å². The van der Waals surface area contributed by atoms with Crippen molar-refractivity contribution in [2.75, 3.05) is 6.61 Å². The second kappa shape index (κ2) is 12.2. The Morgan fingerprint density at radius 3 is 2.30 bits per heavy atom. The van der Waals surface area contributed by atoms with Gasteiger partial charge in [0.05, 0.1) is 6.61 Å². The van der Waals surface area contributed by atoms with Crippen LogP contribution in [0.4, 0.5) is 4.79 Å². The predicted molar refractivity (Wildman–Crippen MR) is 110 cm³/mol. The van der Waals surface area contributed by atoms with Gasteiger partial charge in [-0.3, -0.25) is 0 Å². The molecule has 2 aromatic rings. The van der Waals surface area contributed by atoms with Crippen LogP contribution in [0, 0.1) is 0 Å². The third kappa shape index (κ3) is 7.46. The van der Waals surface area contributed by atoms with Gasteiger partial charge in [0.1, 0.15) is 5.75 Å². The van der Waals surface area contributed by atoms with Crippen LogP contribution in [0.2, 0.25) is 0 Å². The van der Waals surface area contributed by atoms with Gasteiger partial charge in [0, 0.05) is 0 Å². The number of carbonyl (C=O) groups is 1. The molecule has 0 aromatic heterocycles. The lowest BCUT2D eigenvalue weighted by Crippen LogP contribution is -2.13. The standard InChI is InChI=1S/C24H32O3/c1-3-5-15-21-16-10-18-23(22(21)17-6-4-2)27-24(25)26-19-11-14-20-12-8-7-9-13-20/h7-10,12-13,16,18H,3-6,11,14-15,17,19H2,1-2H3. The highest BCUT2D eigenvalue weighted by atomic mass is 16.7. The lowest BCUT2D eigenvalue weighted by Gasteiger charge is -2.14. The fourth-order valence-electron chi connectivity index (χ4n) is 3.14. The largest absolute Gasteiger partial charge is 0.513 e. The first-order chi connectivity index (χ1) is 13.2. The van der Waals surface area contributed by atoms with Crippen LogP contribution in [0.1, 0.15) is 62.6 Å². The Bertz CT molecular complexity index is 679. The maximum Gasteiger partial charge on any atom is 0.513 e. The average Bonchev–Trinajstić information content (AvgIpc) is 2.69. The van der Waals surface area contributed by atoms with Crippen molar-refractivity contribution in [2.45, 2.75) is 65.2 Å². The summed E-state index contributed by atoms with van der Waals surface area (Å²) < 4.78 is 10.8. The molecule has 3 nitrogen and oxygen atoms in total. The van der Waals surface area contributed by atoms with E-state index < -0.39 is 6.16 Å². The Hall–Kier alpha value is -2.29. The van der Waals surface area contributed by atoms with Gasteiger partial charge in [-0.25, -0.2) is 4.79 Å². The molecule has 0 saturated heterocycles. The number of unbranched alkanes of at least 4 members (excludes halogenated alkanes) is 2. The number of hydrogen-bond donors (Lipinski definition) is 0. The predicted octanol–water partition coefficient (Wildman–Crippen LogP) is 6.52. The smallest absolute Gasteiger partial charge is 0.434 e. The van der Waals surface area contributed by atoms with Gasteiger partial charge in [0.2, 0.25) is 0 Å². The molecular formula is C24H32O3. The van der Waals surface area contributed by atoms with Crippen molar-refractivity contribution in [1.29, 1.82) is 0 Å². The second-order valence-electron chi connectivity index (χ2n) is 6.89. The summed E-state index contributed by atoms with van der Waals surface area (Å²) in [6.45, 7) is 4.74. The van der Waals surface area contributed by atoms with Crippen molar-refractivity contribution in [1.82, 2.24) is 0 Å². The van der Waals surface area contributed by atoms with Crippen LogP contribution in [-0.4, -0.2) is 12.8 Å². The topological polar surface area (TPSA) is 35.5 Å². The summed E-state index contributed by atoms with van der Waals surface area (Å²) in [5.41, 5.74) is 3.70. The van der Waals surface area contributed by atoms with Gasteiger partial charge in [-0.15, -0.1) is 0 Å². The van der Waals surface area contributed by atoms with Gasteiger partial charge < -0.3 is 9.47 Å². The zero-order valence-corrected chi connectivity index (χ0v) is 16.7. The van der Waals surface area contributed by atoms with Crippen LogP contribution in [-0.2, 0) is 24.0 Å². The van der Waals surface area contributed by atoms with Crippen LogP contribution >= 0.6 is 0 Å². The molecule has 146 valence electrons. The summed E-state index contributed by atoms with van der Waals surface area (Å²) in [7, 11) is 0. The van der Waals surface area contributed by atoms with Gasteiger partial charge in [0.25, 0.3) is 0 Å². The summed E-state index contributed by atoms with van der Waals surface area (Å²) in [6, 6.07) is 16.2. The van der Waals surface area contributed by atoms with E-state index in [9.17, 15) is 4.79 Å². The third-order valence-corrected chi connectivity index (χ3v) is 4.68. The molecule has 2 rings (SSSR count). The second-order valence-corrected chi connectivity index (χ2v) is 6.89. The van der Waals surface area contributed by atoms with Gasteiger partial charge in [-0.1, -0.05) is 69.2 Å². The van der Waals surface area contributed by atoms with Crippen LogP contribution in [0.15, 0.2) is 48.5 Å². The maximum absolute atomic E-state index is 12.1. The highest BCUT2D eigenvalue weighted by molar-refractivity contribution is 5.65. The number of benzene rings is 2. The molecule has 0 radical (unpaired) electrons. The number of rotatable bonds is 11. The summed E-state index contributed by atoms with van der Waals surface area (Å²) >= 11 is 0. The van der Waals surface area contributed by atoms with Gasteiger partial charge in [-0.05, 0) is 61.3 Å². The Morgan fingerprint density at radius 2 is 1.56 bits per heavy atom. The molecule has 27 heavy (non-hydrogen) atoms. The molecule has 0 aliphatic rings. The number of aryl methyl sites for hydroxylation is 2. The number of hydrogen-bond acceptors (Lipinski definition) is 3. The molecule has 0 bridgehead atoms. The Balaban J connectivity index is 1.89. The van der Waals surface area contributed by atoms with Crippen molar-refractivity contribution < 1.29 is 14.3 Å². The van der Waals surface area contributed by atoms with E-state index in [1.807, 2.05) is 30.3 Å². The highest BCUT2D eigenvalue weighted by Crippen LogP contribution is 2.26. The van der Waals surface area contributed by atoms with Crippen molar-refractivity contribution in [3.05, 3.63) is 65.2 Å². The van der Waals surface area contributed by atoms with Crippen LogP contribution in [0.5, 0.6) is 5.75 Å². The van der Waals surface area contributed by atoms with Crippen molar-refractivity contribution in [3.8, 4) is 5.75 Å². The molecular weight excluding hydrogens is 336 g/mol. The van der Waals surface area contributed by atoms with E-state index in [2.05, 4.69) is 32.0 Å². The molecule has 0 fully saturated rings. The normalized spacial score (nSPS) is 10.6. The zero-order valence-electron chi connectivity index (χ0n) is 16.7. The zero-order chi connectivity index (χ0) is 19.3. The number of ether oxygens (including phenoxy) is 2. The minimum atomic E-state index is -0.603. The molecule has 0 aliphatic heterocycles. The lowest BCUT2D eigenvalue weighted by atomic mass is 9.97. The molecule has 0 spiro atoms. The average molecular weight is 369 g/mol. The lowest BCUT2D eigenvalue weighted by molar-refractivity contribution is 0.0977. The minimum absolute atomic E-state index is 0.369. The van der Waals surface area contributed by atoms with E-state index in [1.165, 1.54) is 11.1 Å². The summed E-state index contributed by atoms with van der Waals surface area (Å²) in [4.78, 5) is 12.1. The summed E-state index contributed by atoms with van der Waals surface area (Å²) in [5.74, 6) is 0.658. The van der Waals surface area contributed by atoms with Crippen molar-refractivity contribution in [3.63, 3.8) is 0 Å². The molecule has 0 amide bonds. The van der Waals surface area contributed by atoms with Gasteiger partial charge in [-0.2, -0.15) is 0 Å². The quantitative estimate of drug-likeness (QED) is 0.257. The fourth-order valence-corrected chi connectivity index (χ4v) is 3.14. The molecule has 0 unspecified atom stereocenters. The first-order valence-electron chi connectivity index (χ1n) is 10.2. The van der Waals surface area contributed by atoms with E-state index in [-0.39, 0.29) is 0 Å². The molecule has 0 N–H and O–H groups in total. The van der Waals surface area contributed by atoms with E-state index in [0.717, 1.165) is 56.9 Å². The monoisotopic (exact) mass is 368 g/mol. The molecule has 0 aliphatic carbocycles.